The van der Waals surface area contributed by atoms with E-state index in [4.69, 9.17) is 4.74 Å². The summed E-state index contributed by atoms with van der Waals surface area (Å²) >= 11 is 0. The first kappa shape index (κ1) is 15.6. The van der Waals surface area contributed by atoms with Gasteiger partial charge in [0.05, 0.1) is 6.61 Å². The fourth-order valence-electron chi connectivity index (χ4n) is 3.92. The Kier molecular flexibility index (Phi) is 4.04. The van der Waals surface area contributed by atoms with Crippen LogP contribution in [0.15, 0.2) is 30.3 Å². The smallest absolute Gasteiger partial charge is 0.256 e. The van der Waals surface area contributed by atoms with Gasteiger partial charge in [-0.15, -0.1) is 0 Å². The minimum atomic E-state index is -0.600. The van der Waals surface area contributed by atoms with E-state index in [2.05, 4.69) is 5.32 Å². The van der Waals surface area contributed by atoms with Crippen LogP contribution in [0.4, 0.5) is 0 Å². The van der Waals surface area contributed by atoms with E-state index in [1.54, 1.807) is 4.90 Å². The summed E-state index contributed by atoms with van der Waals surface area (Å²) in [5.74, 6) is -0.157. The number of ether oxygens (including phenoxy) is 1. The molecule has 3 fully saturated rings. The third kappa shape index (κ3) is 2.81. The van der Waals surface area contributed by atoms with Crippen molar-refractivity contribution in [1.29, 1.82) is 0 Å². The van der Waals surface area contributed by atoms with Crippen molar-refractivity contribution < 1.29 is 14.3 Å². The third-order valence-corrected chi connectivity index (χ3v) is 5.36. The van der Waals surface area contributed by atoms with Crippen molar-refractivity contribution in [3.05, 3.63) is 35.9 Å². The second kappa shape index (κ2) is 6.20. The highest BCUT2D eigenvalue weighted by atomic mass is 16.5. The Balaban J connectivity index is 1.64. The lowest BCUT2D eigenvalue weighted by atomic mass is 9.89. The lowest BCUT2D eigenvalue weighted by Crippen LogP contribution is -2.56. The van der Waals surface area contributed by atoms with Gasteiger partial charge in [0.15, 0.2) is 0 Å². The molecule has 2 amide bonds. The molecule has 5 heteroatoms. The molecule has 0 unspecified atom stereocenters. The predicted molar refractivity (Wildman–Crippen MR) is 89.3 cm³/mol. The molecule has 1 aliphatic heterocycles. The van der Waals surface area contributed by atoms with Crippen LogP contribution >= 0.6 is 0 Å². The third-order valence-electron chi connectivity index (χ3n) is 5.36. The Labute approximate surface area is 142 Å². The second-order valence-electron chi connectivity index (χ2n) is 7.16. The minimum Gasteiger partial charge on any atom is -0.353 e. The molecule has 2 saturated carbocycles. The first-order valence-electron chi connectivity index (χ1n) is 9.03. The van der Waals surface area contributed by atoms with Crippen LogP contribution < -0.4 is 5.32 Å². The summed E-state index contributed by atoms with van der Waals surface area (Å²) in [6, 6.07) is 9.00. The number of carbonyl (C=O) groups excluding carboxylic acids is 2. The van der Waals surface area contributed by atoms with E-state index in [1.807, 2.05) is 30.3 Å². The summed E-state index contributed by atoms with van der Waals surface area (Å²) in [5.41, 5.74) is 0.0219. The van der Waals surface area contributed by atoms with Gasteiger partial charge >= 0.3 is 0 Å². The van der Waals surface area contributed by atoms with Gasteiger partial charge < -0.3 is 10.1 Å². The average Bonchev–Trinajstić information content (AvgIpc) is 3.36. The van der Waals surface area contributed by atoms with Crippen LogP contribution in [-0.4, -0.2) is 41.1 Å². The van der Waals surface area contributed by atoms with Crippen LogP contribution in [0, 0.1) is 0 Å². The van der Waals surface area contributed by atoms with Gasteiger partial charge in [0.2, 0.25) is 5.91 Å². The van der Waals surface area contributed by atoms with Gasteiger partial charge in [0, 0.05) is 11.6 Å². The molecule has 24 heavy (non-hydrogen) atoms. The van der Waals surface area contributed by atoms with Crippen LogP contribution in [-0.2, 0) is 9.53 Å². The molecule has 0 bridgehead atoms. The van der Waals surface area contributed by atoms with Gasteiger partial charge in [-0.2, -0.15) is 0 Å². The summed E-state index contributed by atoms with van der Waals surface area (Å²) in [7, 11) is 0. The highest BCUT2D eigenvalue weighted by Crippen LogP contribution is 2.41. The van der Waals surface area contributed by atoms with Gasteiger partial charge in [-0.05, 0) is 50.7 Å². The van der Waals surface area contributed by atoms with E-state index in [0.29, 0.717) is 12.2 Å². The molecule has 128 valence electrons. The minimum absolute atomic E-state index is 0.0655. The average molecular weight is 328 g/mol. The zero-order valence-corrected chi connectivity index (χ0v) is 13.9. The van der Waals surface area contributed by atoms with Crippen molar-refractivity contribution in [2.24, 2.45) is 0 Å². The number of hydrogen-bond donors (Lipinski definition) is 1. The highest BCUT2D eigenvalue weighted by Gasteiger charge is 2.53. The standard InChI is InChI=1S/C19H24N2O3/c22-17(20-15-9-10-15)16-13-24-19(11-5-2-6-12-19)21(16)18(23)14-7-3-1-4-8-14/h1,3-4,7-8,15-16H,2,5-6,9-13H2,(H,20,22)/t16-/m1/s1. The van der Waals surface area contributed by atoms with Crippen LogP contribution in [0.5, 0.6) is 0 Å². The molecule has 0 aromatic heterocycles. The van der Waals surface area contributed by atoms with Crippen molar-refractivity contribution in [3.63, 3.8) is 0 Å². The van der Waals surface area contributed by atoms with Crippen molar-refractivity contribution in [3.8, 4) is 0 Å². The van der Waals surface area contributed by atoms with Gasteiger partial charge in [0.25, 0.3) is 5.91 Å². The van der Waals surface area contributed by atoms with Crippen LogP contribution in [0.3, 0.4) is 0 Å². The lowest BCUT2D eigenvalue weighted by Gasteiger charge is -2.41. The van der Waals surface area contributed by atoms with Gasteiger partial charge in [-0.3, -0.25) is 14.5 Å². The molecule has 1 saturated heterocycles. The number of carbonyl (C=O) groups is 2. The molecular weight excluding hydrogens is 304 g/mol. The summed E-state index contributed by atoms with van der Waals surface area (Å²) in [6.45, 7) is 0.303. The van der Waals surface area contributed by atoms with Crippen LogP contribution in [0.25, 0.3) is 0 Å². The summed E-state index contributed by atoms with van der Waals surface area (Å²) in [6.07, 6.45) is 6.95. The van der Waals surface area contributed by atoms with E-state index in [1.165, 1.54) is 0 Å². The molecule has 1 spiro atoms. The predicted octanol–water partition coefficient (Wildman–Crippen LogP) is 2.47. The van der Waals surface area contributed by atoms with Crippen molar-refractivity contribution in [1.82, 2.24) is 10.2 Å². The lowest BCUT2D eigenvalue weighted by molar-refractivity contribution is -0.127. The molecule has 3 aliphatic rings. The maximum absolute atomic E-state index is 13.2. The van der Waals surface area contributed by atoms with Gasteiger partial charge in [-0.25, -0.2) is 0 Å². The van der Waals surface area contributed by atoms with Crippen LogP contribution in [0.2, 0.25) is 0 Å². The monoisotopic (exact) mass is 328 g/mol. The van der Waals surface area contributed by atoms with Crippen LogP contribution in [0.1, 0.15) is 55.3 Å². The number of nitrogens with zero attached hydrogens (tertiary/aromatic N) is 1. The SMILES string of the molecule is O=C(NC1CC1)[C@H]1COC2(CCCCC2)N1C(=O)c1ccccc1. The second-order valence-corrected chi connectivity index (χ2v) is 7.16. The quantitative estimate of drug-likeness (QED) is 0.927. The first-order valence-corrected chi connectivity index (χ1v) is 9.03. The number of rotatable bonds is 3. The largest absolute Gasteiger partial charge is 0.353 e. The zero-order chi connectivity index (χ0) is 16.6. The van der Waals surface area contributed by atoms with Crippen molar-refractivity contribution in [2.45, 2.75) is 62.8 Å². The van der Waals surface area contributed by atoms with Crippen molar-refractivity contribution >= 4 is 11.8 Å². The normalized spacial score (nSPS) is 25.7. The molecule has 1 aromatic carbocycles. The number of hydrogen-bond acceptors (Lipinski definition) is 3. The molecule has 1 N–H and O–H groups in total. The summed E-state index contributed by atoms with van der Waals surface area (Å²) in [4.78, 5) is 27.6. The fourth-order valence-corrected chi connectivity index (χ4v) is 3.92. The first-order chi connectivity index (χ1) is 11.7. The number of nitrogens with one attached hydrogen (secondary N) is 1. The highest BCUT2D eigenvalue weighted by molar-refractivity contribution is 5.98. The molecule has 5 nitrogen and oxygen atoms in total. The van der Waals surface area contributed by atoms with E-state index in [9.17, 15) is 9.59 Å². The Morgan fingerprint density at radius 1 is 1.08 bits per heavy atom. The Morgan fingerprint density at radius 2 is 1.79 bits per heavy atom. The van der Waals surface area contributed by atoms with E-state index in [0.717, 1.165) is 44.9 Å². The summed E-state index contributed by atoms with van der Waals surface area (Å²) < 4.78 is 6.12. The van der Waals surface area contributed by atoms with Gasteiger partial charge in [0.1, 0.15) is 11.8 Å². The fraction of sp³-hybridized carbons (Fsp3) is 0.579. The van der Waals surface area contributed by atoms with Gasteiger partial charge in [-0.1, -0.05) is 24.6 Å². The molecule has 1 heterocycles. The van der Waals surface area contributed by atoms with E-state index >= 15 is 0 Å². The molecule has 2 aliphatic carbocycles. The molecule has 4 rings (SSSR count). The van der Waals surface area contributed by atoms with E-state index in [-0.39, 0.29) is 17.9 Å². The molecule has 1 aromatic rings. The summed E-state index contributed by atoms with van der Waals surface area (Å²) in [5, 5.41) is 3.04. The number of amides is 2. The van der Waals surface area contributed by atoms with Crippen molar-refractivity contribution in [2.75, 3.05) is 6.61 Å². The Hall–Kier alpha value is -1.88. The number of benzene rings is 1. The molecule has 1 atom stereocenters. The topological polar surface area (TPSA) is 58.6 Å². The van der Waals surface area contributed by atoms with E-state index < -0.39 is 11.8 Å². The molecular formula is C19H24N2O3. The Morgan fingerprint density at radius 3 is 2.46 bits per heavy atom. The zero-order valence-electron chi connectivity index (χ0n) is 13.9. The molecule has 0 radical (unpaired) electrons. The Bertz CT molecular complexity index is 621. The maximum Gasteiger partial charge on any atom is 0.256 e. The maximum atomic E-state index is 13.2.